The van der Waals surface area contributed by atoms with Crippen LogP contribution < -0.4 is 0 Å². The Morgan fingerprint density at radius 1 is 0.314 bits per heavy atom. The molecule has 0 radical (unpaired) electrons. The van der Waals surface area contributed by atoms with Gasteiger partial charge in [0, 0.05) is 25.7 Å². The predicted octanol–water partition coefficient (Wildman–Crippen LogP) is 19.0. The SMILES string of the molecule is CCCCCCCCCCCCCCCC(=O)O[C@H](COC(=O)CCCCCCCCCCCCCC)COP(=O)(O)OC[C@@H](O)COP(=O)(O)OC[C@@H](COC(=O)CCCCCCCCC(C)C)OC(=O)CCCCCCCCCCCCCC. The Balaban J connectivity index is 5.24. The second-order valence-electron chi connectivity index (χ2n) is 24.7. The largest absolute Gasteiger partial charge is 0.472 e. The van der Waals surface area contributed by atoms with E-state index in [9.17, 15) is 43.2 Å². The minimum absolute atomic E-state index is 0.106. The van der Waals surface area contributed by atoms with Crippen LogP contribution in [0.3, 0.4) is 0 Å². The van der Waals surface area contributed by atoms with Gasteiger partial charge in [0.2, 0.25) is 0 Å². The number of rotatable bonds is 67. The summed E-state index contributed by atoms with van der Waals surface area (Å²) in [7, 11) is -9.89. The third-order valence-corrected chi connectivity index (χ3v) is 17.4. The zero-order chi connectivity index (χ0) is 63.5. The summed E-state index contributed by atoms with van der Waals surface area (Å²) in [6, 6.07) is 0. The maximum atomic E-state index is 13.0. The third-order valence-electron chi connectivity index (χ3n) is 15.5. The molecule has 0 fully saturated rings. The average Bonchev–Trinajstić information content (AvgIpc) is 3.67. The topological polar surface area (TPSA) is 237 Å². The van der Waals surface area contributed by atoms with Gasteiger partial charge in [-0.2, -0.15) is 0 Å². The molecule has 0 aliphatic rings. The smallest absolute Gasteiger partial charge is 0.462 e. The highest BCUT2D eigenvalue weighted by atomic mass is 31.2. The maximum Gasteiger partial charge on any atom is 0.472 e. The first-order valence-corrected chi connectivity index (χ1v) is 38.1. The highest BCUT2D eigenvalue weighted by molar-refractivity contribution is 7.47. The second-order valence-corrected chi connectivity index (χ2v) is 27.6. The number of aliphatic hydroxyl groups is 1. The van der Waals surface area contributed by atoms with E-state index in [0.717, 1.165) is 96.3 Å². The average molecular weight is 1270 g/mol. The monoisotopic (exact) mass is 1270 g/mol. The van der Waals surface area contributed by atoms with Crippen molar-refractivity contribution in [1.82, 2.24) is 0 Å². The lowest BCUT2D eigenvalue weighted by molar-refractivity contribution is -0.161. The first-order chi connectivity index (χ1) is 41.5. The number of unbranched alkanes of at least 4 members (excludes halogenated alkanes) is 39. The van der Waals surface area contributed by atoms with Crippen molar-refractivity contribution in [3.63, 3.8) is 0 Å². The second kappa shape index (κ2) is 60.6. The molecule has 0 bridgehead atoms. The van der Waals surface area contributed by atoms with Crippen LogP contribution in [0.5, 0.6) is 0 Å². The van der Waals surface area contributed by atoms with Gasteiger partial charge in [0.05, 0.1) is 26.4 Å². The van der Waals surface area contributed by atoms with Crippen LogP contribution in [0.4, 0.5) is 0 Å². The quantitative estimate of drug-likeness (QED) is 0.0222. The fourth-order valence-corrected chi connectivity index (χ4v) is 11.7. The molecule has 0 saturated heterocycles. The summed E-state index contributed by atoms with van der Waals surface area (Å²) in [5.41, 5.74) is 0. The van der Waals surface area contributed by atoms with E-state index in [2.05, 4.69) is 34.6 Å². The molecule has 17 nitrogen and oxygen atoms in total. The van der Waals surface area contributed by atoms with Crippen LogP contribution in [0.2, 0.25) is 0 Å². The summed E-state index contributed by atoms with van der Waals surface area (Å²) in [5, 5.41) is 10.6. The van der Waals surface area contributed by atoms with Gasteiger partial charge < -0.3 is 33.8 Å². The Bertz CT molecular complexity index is 1670. The molecule has 86 heavy (non-hydrogen) atoms. The minimum atomic E-state index is -4.95. The molecule has 5 atom stereocenters. The zero-order valence-electron chi connectivity index (χ0n) is 55.4. The number of phosphoric acid groups is 2. The van der Waals surface area contributed by atoms with Crippen LogP contribution in [0.1, 0.15) is 343 Å². The molecule has 0 aliphatic carbocycles. The van der Waals surface area contributed by atoms with Gasteiger partial charge in [-0.3, -0.25) is 37.3 Å². The van der Waals surface area contributed by atoms with Crippen molar-refractivity contribution in [2.24, 2.45) is 5.92 Å². The van der Waals surface area contributed by atoms with E-state index in [4.69, 9.17) is 37.0 Å². The zero-order valence-corrected chi connectivity index (χ0v) is 57.2. The summed E-state index contributed by atoms with van der Waals surface area (Å²) in [6.45, 7) is 7.14. The van der Waals surface area contributed by atoms with Crippen molar-refractivity contribution >= 4 is 39.5 Å². The van der Waals surface area contributed by atoms with Crippen LogP contribution in [-0.4, -0.2) is 96.7 Å². The molecule has 3 N–H and O–H groups in total. The van der Waals surface area contributed by atoms with Crippen molar-refractivity contribution in [2.45, 2.75) is 361 Å². The molecule has 0 aromatic heterocycles. The van der Waals surface area contributed by atoms with Gasteiger partial charge >= 0.3 is 39.5 Å². The molecule has 0 aliphatic heterocycles. The van der Waals surface area contributed by atoms with Gasteiger partial charge in [0.15, 0.2) is 12.2 Å². The molecule has 2 unspecified atom stereocenters. The molecule has 0 aromatic carbocycles. The Morgan fingerprint density at radius 3 is 0.791 bits per heavy atom. The molecule has 0 spiro atoms. The number of esters is 4. The fourth-order valence-electron chi connectivity index (χ4n) is 10.1. The number of hydrogen-bond acceptors (Lipinski definition) is 15. The Labute approximate surface area is 524 Å². The summed E-state index contributed by atoms with van der Waals surface area (Å²) in [5.74, 6) is -1.45. The summed E-state index contributed by atoms with van der Waals surface area (Å²) >= 11 is 0. The maximum absolute atomic E-state index is 13.0. The van der Waals surface area contributed by atoms with Gasteiger partial charge in [-0.25, -0.2) is 9.13 Å². The minimum Gasteiger partial charge on any atom is -0.462 e. The van der Waals surface area contributed by atoms with E-state index in [1.807, 2.05) is 0 Å². The number of ether oxygens (including phenoxy) is 4. The molecule has 0 saturated carbocycles. The predicted molar refractivity (Wildman–Crippen MR) is 345 cm³/mol. The lowest BCUT2D eigenvalue weighted by atomic mass is 10.0. The van der Waals surface area contributed by atoms with Gasteiger partial charge in [-0.15, -0.1) is 0 Å². The Hall–Kier alpha value is -1.94. The van der Waals surface area contributed by atoms with Crippen LogP contribution in [0, 0.1) is 5.92 Å². The number of carbonyl (C=O) groups excluding carboxylic acids is 4. The summed E-state index contributed by atoms with van der Waals surface area (Å²) in [6.07, 6.45) is 45.8. The van der Waals surface area contributed by atoms with Gasteiger partial charge in [0.25, 0.3) is 0 Å². The van der Waals surface area contributed by atoms with Crippen LogP contribution in [0.25, 0.3) is 0 Å². The van der Waals surface area contributed by atoms with Gasteiger partial charge in [-0.1, -0.05) is 291 Å². The normalized spacial score (nSPS) is 14.2. The Kier molecular flexibility index (Phi) is 59.2. The highest BCUT2D eigenvalue weighted by Gasteiger charge is 2.30. The molecule has 510 valence electrons. The van der Waals surface area contributed by atoms with Gasteiger partial charge in [-0.05, 0) is 31.6 Å². The van der Waals surface area contributed by atoms with E-state index in [0.29, 0.717) is 31.6 Å². The lowest BCUT2D eigenvalue weighted by Crippen LogP contribution is -2.30. The van der Waals surface area contributed by atoms with E-state index in [-0.39, 0.29) is 25.7 Å². The third kappa shape index (κ3) is 60.9. The molecule has 0 aromatic rings. The number of phosphoric ester groups is 2. The molecule has 19 heteroatoms. The highest BCUT2D eigenvalue weighted by Crippen LogP contribution is 2.45. The van der Waals surface area contributed by atoms with E-state index in [1.165, 1.54) is 161 Å². The summed E-state index contributed by atoms with van der Waals surface area (Å²) in [4.78, 5) is 72.4. The van der Waals surface area contributed by atoms with E-state index in [1.54, 1.807) is 0 Å². The van der Waals surface area contributed by atoms with Crippen LogP contribution in [-0.2, 0) is 65.4 Å². The van der Waals surface area contributed by atoms with Crippen molar-refractivity contribution in [1.29, 1.82) is 0 Å². The molecule has 0 rings (SSSR count). The van der Waals surface area contributed by atoms with Crippen LogP contribution in [0.15, 0.2) is 0 Å². The van der Waals surface area contributed by atoms with Crippen molar-refractivity contribution < 1.29 is 80.2 Å². The summed E-state index contributed by atoms with van der Waals surface area (Å²) < 4.78 is 68.1. The number of hydrogen-bond donors (Lipinski definition) is 3. The molecule has 0 heterocycles. The Morgan fingerprint density at radius 2 is 0.535 bits per heavy atom. The number of aliphatic hydroxyl groups excluding tert-OH is 1. The fraction of sp³-hybridized carbons (Fsp3) is 0.940. The van der Waals surface area contributed by atoms with Crippen molar-refractivity contribution in [2.75, 3.05) is 39.6 Å². The first kappa shape index (κ1) is 84.1. The lowest BCUT2D eigenvalue weighted by Gasteiger charge is -2.21. The number of carbonyl (C=O) groups is 4. The van der Waals surface area contributed by atoms with Gasteiger partial charge in [0.1, 0.15) is 19.3 Å². The molecular formula is C67H130O17P2. The van der Waals surface area contributed by atoms with E-state index >= 15 is 0 Å². The van der Waals surface area contributed by atoms with E-state index < -0.39 is 97.5 Å². The molecule has 0 amide bonds. The van der Waals surface area contributed by atoms with Crippen LogP contribution >= 0.6 is 15.6 Å². The van der Waals surface area contributed by atoms with Crippen molar-refractivity contribution in [3.8, 4) is 0 Å². The standard InChI is InChI=1S/C67H130O17P2/c1-6-9-12-15-18-21-24-27-30-33-36-43-48-53-67(72)83-62(56-77-64(69)50-45-40-34-31-28-25-22-19-16-13-10-7-2)58-81-85(73,74)79-54-61(68)55-80-86(75,76)82-59-63(57-78-65(70)51-46-41-38-37-39-44-49-60(4)5)84-66(71)52-47-42-35-32-29-26-23-20-17-14-11-8-3/h60-63,68H,6-59H2,1-5H3,(H,73,74)(H,75,76)/t61-,62-,63-/m1/s1. The first-order valence-electron chi connectivity index (χ1n) is 35.1. The van der Waals surface area contributed by atoms with Crippen molar-refractivity contribution in [3.05, 3.63) is 0 Å². The molecular weight excluding hydrogens is 1140 g/mol.